The number of carboxylic acids is 1. The van der Waals surface area contributed by atoms with Crippen LogP contribution < -0.4 is 4.74 Å². The first-order chi connectivity index (χ1) is 19.4. The monoisotopic (exact) mass is 566 g/mol. The van der Waals surface area contributed by atoms with Crippen LogP contribution in [0.4, 0.5) is 4.79 Å². The van der Waals surface area contributed by atoms with Crippen molar-refractivity contribution in [2.24, 2.45) is 17.8 Å². The van der Waals surface area contributed by atoms with Crippen LogP contribution in [0.3, 0.4) is 0 Å². The van der Waals surface area contributed by atoms with Crippen LogP contribution in [0.15, 0.2) is 18.2 Å². The Balaban J connectivity index is 0.00000274. The van der Waals surface area contributed by atoms with Crippen molar-refractivity contribution in [3.05, 3.63) is 29.3 Å². The number of hydrogen-bond donors (Lipinski definition) is 2. The molecule has 2 N–H and O–H groups in total. The second-order valence-electron chi connectivity index (χ2n) is 10.4. The molecule has 0 heterocycles. The lowest BCUT2D eigenvalue weighted by molar-refractivity contribution is -0.139. The van der Waals surface area contributed by atoms with Crippen molar-refractivity contribution in [1.82, 2.24) is 0 Å². The molecule has 1 aromatic carbocycles. The molecule has 0 amide bonds. The molecular weight excluding hydrogens is 516 g/mol. The Hall–Kier alpha value is -2.36. The van der Waals surface area contributed by atoms with Gasteiger partial charge in [0.25, 0.3) is 0 Å². The highest BCUT2D eigenvalue weighted by Gasteiger charge is 2.45. The fourth-order valence-corrected chi connectivity index (χ4v) is 5.94. The molecule has 2 aliphatic rings. The summed E-state index contributed by atoms with van der Waals surface area (Å²) >= 11 is 0. The highest BCUT2D eigenvalue weighted by Crippen LogP contribution is 2.48. The molecular formula is C31H50O9. The molecule has 40 heavy (non-hydrogen) atoms. The Labute approximate surface area is 239 Å². The number of carboxylic acid groups (broad SMARTS) is 1. The fraction of sp³-hybridized carbons (Fsp3) is 0.742. The number of fused-ring (bicyclic) bond motifs is 2. The molecule has 1 fully saturated rings. The third-order valence-electron chi connectivity index (χ3n) is 7.79. The summed E-state index contributed by atoms with van der Waals surface area (Å²) in [7, 11) is 1.60. The fourth-order valence-electron chi connectivity index (χ4n) is 5.94. The quantitative estimate of drug-likeness (QED) is 0.188. The lowest BCUT2D eigenvalue weighted by atomic mass is 9.73. The smallest absolute Gasteiger partial charge is 0.482 e. The summed E-state index contributed by atoms with van der Waals surface area (Å²) in [6.07, 6.45) is 6.35. The largest absolute Gasteiger partial charge is 0.508 e. The maximum absolute atomic E-state index is 12.3. The minimum Gasteiger partial charge on any atom is -0.482 e. The van der Waals surface area contributed by atoms with Crippen LogP contribution in [0.1, 0.15) is 76.8 Å². The van der Waals surface area contributed by atoms with Gasteiger partial charge >= 0.3 is 12.1 Å². The van der Waals surface area contributed by atoms with E-state index in [9.17, 15) is 14.7 Å². The summed E-state index contributed by atoms with van der Waals surface area (Å²) in [6.45, 7) is 7.14. The molecule has 9 nitrogen and oxygen atoms in total. The Morgan fingerprint density at radius 1 is 1.05 bits per heavy atom. The van der Waals surface area contributed by atoms with Gasteiger partial charge in [0, 0.05) is 7.11 Å². The third-order valence-corrected chi connectivity index (χ3v) is 7.79. The number of carbonyl (C=O) groups excluding carboxylic acids is 1. The first-order valence-electron chi connectivity index (χ1n) is 15.0. The van der Waals surface area contributed by atoms with E-state index in [1.54, 1.807) is 7.11 Å². The van der Waals surface area contributed by atoms with E-state index < -0.39 is 18.2 Å². The molecule has 228 valence electrons. The summed E-state index contributed by atoms with van der Waals surface area (Å²) in [6, 6.07) is 5.81. The van der Waals surface area contributed by atoms with Gasteiger partial charge in [-0.05, 0) is 79.9 Å². The van der Waals surface area contributed by atoms with Crippen LogP contribution in [0.5, 0.6) is 5.75 Å². The molecule has 2 aliphatic carbocycles. The summed E-state index contributed by atoms with van der Waals surface area (Å²) in [5.74, 6) is 0.412. The number of aliphatic hydroxyl groups is 1. The van der Waals surface area contributed by atoms with Gasteiger partial charge in [0.1, 0.15) is 18.5 Å². The van der Waals surface area contributed by atoms with Gasteiger partial charge in [-0.3, -0.25) is 0 Å². The lowest BCUT2D eigenvalue weighted by Gasteiger charge is -2.32. The molecule has 9 heteroatoms. The number of carbonyl (C=O) groups is 2. The van der Waals surface area contributed by atoms with Gasteiger partial charge in [-0.25, -0.2) is 9.59 Å². The molecule has 0 spiro atoms. The number of methoxy groups -OCH3 is 1. The number of ether oxygens (including phenoxy) is 5. The normalized spacial score (nSPS) is 21.8. The van der Waals surface area contributed by atoms with Crippen molar-refractivity contribution < 1.29 is 43.5 Å². The first kappa shape index (κ1) is 33.8. The maximum atomic E-state index is 12.3. The van der Waals surface area contributed by atoms with Crippen molar-refractivity contribution >= 4 is 12.1 Å². The van der Waals surface area contributed by atoms with Gasteiger partial charge in [0.2, 0.25) is 0 Å². The van der Waals surface area contributed by atoms with Crippen LogP contribution in [-0.4, -0.2) is 74.7 Å². The predicted octanol–water partition coefficient (Wildman–Crippen LogP) is 5.43. The minimum absolute atomic E-state index is 0.124. The predicted molar refractivity (Wildman–Crippen MR) is 152 cm³/mol. The molecule has 0 radical (unpaired) electrons. The average Bonchev–Trinajstić information content (AvgIpc) is 3.25. The molecule has 5 atom stereocenters. The molecule has 1 saturated carbocycles. The Bertz CT molecular complexity index is 874. The SMILES string of the molecule is CC.CCCCCC(CCC1C2Cc3cccc(OCC(=O)O)c3CC2C[C@H]1O)OC(=O)OCCOCCOC. The summed E-state index contributed by atoms with van der Waals surface area (Å²) in [5.41, 5.74) is 2.23. The van der Waals surface area contributed by atoms with Gasteiger partial charge in [0.05, 0.1) is 25.9 Å². The first-order valence-corrected chi connectivity index (χ1v) is 15.0. The molecule has 1 aromatic rings. The molecule has 0 aliphatic heterocycles. The van der Waals surface area contributed by atoms with Gasteiger partial charge in [-0.1, -0.05) is 45.7 Å². The van der Waals surface area contributed by atoms with Gasteiger partial charge < -0.3 is 33.9 Å². The van der Waals surface area contributed by atoms with Crippen LogP contribution in [-0.2, 0) is 36.6 Å². The summed E-state index contributed by atoms with van der Waals surface area (Å²) in [4.78, 5) is 23.3. The number of benzene rings is 1. The number of unbranched alkanes of at least 4 members (excludes halogenated alkanes) is 2. The topological polar surface area (TPSA) is 121 Å². The van der Waals surface area contributed by atoms with Crippen LogP contribution in [0.25, 0.3) is 0 Å². The standard InChI is InChI=1S/C29H44O9.C2H6/c1-3-4-5-8-22(38-29(33)36-15-14-35-13-12-34-2)10-11-23-24-16-20-7-6-9-27(37-19-28(31)32)25(20)17-21(24)18-26(23)30;1-2/h6-7,9,21-24,26,30H,3-5,8,10-19H2,1-2H3,(H,31,32);1-2H3/t21?,22?,23?,24?,26-;/m1./s1. The van der Waals surface area contributed by atoms with Crippen molar-refractivity contribution in [1.29, 1.82) is 0 Å². The van der Waals surface area contributed by atoms with Crippen molar-refractivity contribution in [2.75, 3.05) is 40.1 Å². The van der Waals surface area contributed by atoms with Crippen molar-refractivity contribution in [2.45, 2.75) is 90.8 Å². The van der Waals surface area contributed by atoms with Crippen LogP contribution in [0, 0.1) is 17.8 Å². The Morgan fingerprint density at radius 3 is 2.55 bits per heavy atom. The van der Waals surface area contributed by atoms with E-state index in [0.29, 0.717) is 50.2 Å². The van der Waals surface area contributed by atoms with Crippen LogP contribution >= 0.6 is 0 Å². The summed E-state index contributed by atoms with van der Waals surface area (Å²) < 4.78 is 26.7. The number of rotatable bonds is 17. The molecule has 3 rings (SSSR count). The van der Waals surface area contributed by atoms with Gasteiger partial charge in [0.15, 0.2) is 6.61 Å². The molecule has 0 bridgehead atoms. The maximum Gasteiger partial charge on any atom is 0.508 e. The second kappa shape index (κ2) is 18.9. The molecule has 4 unspecified atom stereocenters. The molecule has 0 saturated heterocycles. The zero-order chi connectivity index (χ0) is 29.3. The van der Waals surface area contributed by atoms with E-state index in [4.69, 9.17) is 28.8 Å². The lowest BCUT2D eigenvalue weighted by Crippen LogP contribution is -2.29. The van der Waals surface area contributed by atoms with Crippen molar-refractivity contribution in [3.8, 4) is 5.75 Å². The van der Waals surface area contributed by atoms with Crippen LogP contribution in [0.2, 0.25) is 0 Å². The highest BCUT2D eigenvalue weighted by molar-refractivity contribution is 5.68. The Kier molecular flexibility index (Phi) is 16.0. The van der Waals surface area contributed by atoms with E-state index in [1.165, 1.54) is 5.56 Å². The van der Waals surface area contributed by atoms with Gasteiger partial charge in [-0.15, -0.1) is 0 Å². The zero-order valence-corrected chi connectivity index (χ0v) is 24.8. The number of aliphatic hydroxyl groups excluding tert-OH is 1. The average molecular weight is 567 g/mol. The second-order valence-corrected chi connectivity index (χ2v) is 10.4. The minimum atomic E-state index is -0.998. The third kappa shape index (κ3) is 10.9. The van der Waals surface area contributed by atoms with E-state index in [1.807, 2.05) is 26.0 Å². The van der Waals surface area contributed by atoms with E-state index in [2.05, 4.69) is 13.0 Å². The summed E-state index contributed by atoms with van der Waals surface area (Å²) in [5, 5.41) is 20.0. The highest BCUT2D eigenvalue weighted by atomic mass is 16.7. The number of hydrogen-bond acceptors (Lipinski definition) is 8. The molecule has 0 aromatic heterocycles. The Morgan fingerprint density at radius 2 is 1.82 bits per heavy atom. The van der Waals surface area contributed by atoms with E-state index in [0.717, 1.165) is 50.5 Å². The van der Waals surface area contributed by atoms with E-state index >= 15 is 0 Å². The van der Waals surface area contributed by atoms with Gasteiger partial charge in [-0.2, -0.15) is 0 Å². The number of aliphatic carboxylic acids is 1. The van der Waals surface area contributed by atoms with Crippen molar-refractivity contribution in [3.63, 3.8) is 0 Å². The zero-order valence-electron chi connectivity index (χ0n) is 24.8. The van der Waals surface area contributed by atoms with E-state index in [-0.39, 0.29) is 25.2 Å².